The van der Waals surface area contributed by atoms with Crippen molar-refractivity contribution in [3.63, 3.8) is 0 Å². The number of hydrogen-bond acceptors (Lipinski definition) is 3. The third-order valence-electron chi connectivity index (χ3n) is 3.04. The number of aromatic nitrogens is 2. The lowest BCUT2D eigenvalue weighted by Crippen LogP contribution is -2.24. The van der Waals surface area contributed by atoms with E-state index in [4.69, 9.17) is 0 Å². The van der Waals surface area contributed by atoms with Crippen molar-refractivity contribution in [1.82, 2.24) is 14.9 Å². The minimum absolute atomic E-state index is 0.170. The third kappa shape index (κ3) is 2.89. The van der Waals surface area contributed by atoms with Crippen molar-refractivity contribution < 1.29 is 13.6 Å². The van der Waals surface area contributed by atoms with E-state index in [1.165, 1.54) is 17.4 Å². The van der Waals surface area contributed by atoms with Crippen LogP contribution in [0, 0.1) is 11.6 Å². The van der Waals surface area contributed by atoms with Crippen molar-refractivity contribution in [2.45, 2.75) is 6.54 Å². The van der Waals surface area contributed by atoms with E-state index in [2.05, 4.69) is 10.3 Å². The second-order valence-electron chi connectivity index (χ2n) is 4.49. The summed E-state index contributed by atoms with van der Waals surface area (Å²) in [5.74, 6) is -1.85. The molecule has 1 aromatic carbocycles. The zero-order valence-corrected chi connectivity index (χ0v) is 12.1. The third-order valence-corrected chi connectivity index (χ3v) is 3.89. The zero-order valence-electron chi connectivity index (χ0n) is 11.3. The molecule has 2 aromatic heterocycles. The molecule has 7 heteroatoms. The number of nitrogens with zero attached hydrogens (tertiary/aromatic N) is 2. The molecular weight excluding hydrogens is 308 g/mol. The minimum atomic E-state index is -0.688. The molecule has 0 spiro atoms. The molecule has 0 radical (unpaired) electrons. The Balaban J connectivity index is 1.70. The molecule has 1 amide bonds. The molecule has 112 valence electrons. The van der Waals surface area contributed by atoms with Crippen molar-refractivity contribution in [3.8, 4) is 5.13 Å². The van der Waals surface area contributed by atoms with Gasteiger partial charge in [-0.2, -0.15) is 0 Å². The number of rotatable bonds is 4. The lowest BCUT2D eigenvalue weighted by atomic mass is 10.2. The second-order valence-corrected chi connectivity index (χ2v) is 5.33. The fraction of sp³-hybridized carbons (Fsp3) is 0.0667. The SMILES string of the molecule is O=C(NCc1c(F)cccc1F)c1csc(-n2cccc2)n1. The van der Waals surface area contributed by atoms with Gasteiger partial charge in [-0.05, 0) is 24.3 Å². The molecule has 0 saturated carbocycles. The summed E-state index contributed by atoms with van der Waals surface area (Å²) in [6.07, 6.45) is 3.63. The summed E-state index contributed by atoms with van der Waals surface area (Å²) >= 11 is 1.31. The highest BCUT2D eigenvalue weighted by molar-refractivity contribution is 7.12. The van der Waals surface area contributed by atoms with Gasteiger partial charge in [0, 0.05) is 29.9 Å². The molecule has 0 atom stereocenters. The van der Waals surface area contributed by atoms with Gasteiger partial charge >= 0.3 is 0 Å². The van der Waals surface area contributed by atoms with Crippen LogP contribution in [0.4, 0.5) is 8.78 Å². The van der Waals surface area contributed by atoms with E-state index in [0.29, 0.717) is 5.13 Å². The number of nitrogens with one attached hydrogen (secondary N) is 1. The molecule has 0 aliphatic carbocycles. The number of carbonyl (C=O) groups is 1. The maximum absolute atomic E-state index is 13.5. The normalized spacial score (nSPS) is 10.6. The topological polar surface area (TPSA) is 46.9 Å². The van der Waals surface area contributed by atoms with E-state index in [0.717, 1.165) is 12.1 Å². The average molecular weight is 319 g/mol. The standard InChI is InChI=1S/C15H11F2N3OS/c16-11-4-3-5-12(17)10(11)8-18-14(21)13-9-22-15(19-13)20-6-1-2-7-20/h1-7,9H,8H2,(H,18,21). The maximum atomic E-state index is 13.5. The fourth-order valence-electron chi connectivity index (χ4n) is 1.91. The van der Waals surface area contributed by atoms with E-state index in [-0.39, 0.29) is 17.8 Å². The molecule has 0 saturated heterocycles. The highest BCUT2D eigenvalue weighted by atomic mass is 32.1. The molecule has 3 rings (SSSR count). The van der Waals surface area contributed by atoms with Crippen molar-refractivity contribution >= 4 is 17.2 Å². The zero-order chi connectivity index (χ0) is 15.5. The van der Waals surface area contributed by atoms with Gasteiger partial charge in [0.15, 0.2) is 5.13 Å². The van der Waals surface area contributed by atoms with Gasteiger partial charge in [-0.15, -0.1) is 11.3 Å². The van der Waals surface area contributed by atoms with E-state index >= 15 is 0 Å². The molecule has 0 aliphatic heterocycles. The van der Waals surface area contributed by atoms with Gasteiger partial charge in [0.25, 0.3) is 5.91 Å². The second kappa shape index (κ2) is 6.07. The predicted molar refractivity (Wildman–Crippen MR) is 79.0 cm³/mol. The molecule has 22 heavy (non-hydrogen) atoms. The first kappa shape index (κ1) is 14.4. The van der Waals surface area contributed by atoms with Crippen LogP contribution in [0.15, 0.2) is 48.1 Å². The monoisotopic (exact) mass is 319 g/mol. The molecule has 0 aliphatic rings. The van der Waals surface area contributed by atoms with Crippen molar-refractivity contribution in [2.24, 2.45) is 0 Å². The minimum Gasteiger partial charge on any atom is -0.346 e. The summed E-state index contributed by atoms with van der Waals surface area (Å²) in [6, 6.07) is 7.28. The Kier molecular flexibility index (Phi) is 3.97. The predicted octanol–water partition coefficient (Wildman–Crippen LogP) is 3.14. The number of amides is 1. The quantitative estimate of drug-likeness (QED) is 0.803. The largest absolute Gasteiger partial charge is 0.346 e. The van der Waals surface area contributed by atoms with Gasteiger partial charge < -0.3 is 9.88 Å². The van der Waals surface area contributed by atoms with Gasteiger partial charge in [0.05, 0.1) is 0 Å². The lowest BCUT2D eigenvalue weighted by Gasteiger charge is -2.06. The Morgan fingerprint density at radius 1 is 1.18 bits per heavy atom. The van der Waals surface area contributed by atoms with Crippen LogP contribution in [0.2, 0.25) is 0 Å². The highest BCUT2D eigenvalue weighted by Crippen LogP contribution is 2.16. The summed E-state index contributed by atoms with van der Waals surface area (Å²) < 4.78 is 28.7. The summed E-state index contributed by atoms with van der Waals surface area (Å²) in [7, 11) is 0. The van der Waals surface area contributed by atoms with E-state index in [9.17, 15) is 13.6 Å². The van der Waals surface area contributed by atoms with Crippen LogP contribution in [0.1, 0.15) is 16.1 Å². The van der Waals surface area contributed by atoms with Crippen LogP contribution in [-0.4, -0.2) is 15.5 Å². The molecule has 1 N–H and O–H groups in total. The number of halogens is 2. The summed E-state index contributed by atoms with van der Waals surface area (Å²) in [4.78, 5) is 16.2. The molecule has 0 unspecified atom stereocenters. The number of thiazole rings is 1. The van der Waals surface area contributed by atoms with E-state index in [1.54, 1.807) is 9.95 Å². The molecule has 4 nitrogen and oxygen atoms in total. The maximum Gasteiger partial charge on any atom is 0.271 e. The number of carbonyl (C=O) groups excluding carboxylic acids is 1. The smallest absolute Gasteiger partial charge is 0.271 e. The fourth-order valence-corrected chi connectivity index (χ4v) is 2.68. The van der Waals surface area contributed by atoms with E-state index in [1.807, 2.05) is 24.5 Å². The number of benzene rings is 1. The lowest BCUT2D eigenvalue weighted by molar-refractivity contribution is 0.0946. The summed E-state index contributed by atoms with van der Waals surface area (Å²) in [5.41, 5.74) is 0.0437. The Labute approximate surface area is 129 Å². The van der Waals surface area contributed by atoms with Crippen molar-refractivity contribution in [2.75, 3.05) is 0 Å². The van der Waals surface area contributed by atoms with Gasteiger partial charge in [0.1, 0.15) is 17.3 Å². The Bertz CT molecular complexity index is 779. The molecular formula is C15H11F2N3OS. The first-order valence-electron chi connectivity index (χ1n) is 6.45. The van der Waals surface area contributed by atoms with E-state index < -0.39 is 17.5 Å². The molecule has 0 bridgehead atoms. The van der Waals surface area contributed by atoms with Crippen LogP contribution in [0.5, 0.6) is 0 Å². The van der Waals surface area contributed by atoms with Crippen LogP contribution in [0.3, 0.4) is 0 Å². The van der Waals surface area contributed by atoms with Gasteiger partial charge in [0.2, 0.25) is 0 Å². The van der Waals surface area contributed by atoms with Crippen molar-refractivity contribution in [1.29, 1.82) is 0 Å². The highest BCUT2D eigenvalue weighted by Gasteiger charge is 2.14. The van der Waals surface area contributed by atoms with Crippen LogP contribution < -0.4 is 5.32 Å². The average Bonchev–Trinajstić information content (AvgIpc) is 3.17. The summed E-state index contributed by atoms with van der Waals surface area (Å²) in [6.45, 7) is -0.228. The van der Waals surface area contributed by atoms with Crippen LogP contribution in [-0.2, 0) is 6.54 Å². The van der Waals surface area contributed by atoms with Gasteiger partial charge in [-0.25, -0.2) is 13.8 Å². The van der Waals surface area contributed by atoms with Crippen molar-refractivity contribution in [3.05, 3.63) is 71.0 Å². The molecule has 2 heterocycles. The first-order chi connectivity index (χ1) is 10.6. The number of hydrogen-bond donors (Lipinski definition) is 1. The summed E-state index contributed by atoms with van der Waals surface area (Å²) in [5, 5.41) is 4.72. The Morgan fingerprint density at radius 3 is 2.55 bits per heavy atom. The van der Waals surface area contributed by atoms with Gasteiger partial charge in [-0.3, -0.25) is 4.79 Å². The Hall–Kier alpha value is -2.54. The first-order valence-corrected chi connectivity index (χ1v) is 7.33. The molecule has 0 fully saturated rings. The Morgan fingerprint density at radius 2 is 1.86 bits per heavy atom. The van der Waals surface area contributed by atoms with Crippen LogP contribution in [0.25, 0.3) is 5.13 Å². The van der Waals surface area contributed by atoms with Crippen LogP contribution >= 0.6 is 11.3 Å². The van der Waals surface area contributed by atoms with Gasteiger partial charge in [-0.1, -0.05) is 6.07 Å². The molecule has 3 aromatic rings.